The minimum atomic E-state index is -4.46. The summed E-state index contributed by atoms with van der Waals surface area (Å²) in [5, 5.41) is 2.30. The average Bonchev–Trinajstić information content (AvgIpc) is 2.76. The second-order valence-electron chi connectivity index (χ2n) is 3.86. The maximum Gasteiger partial charge on any atom is 0.422 e. The summed E-state index contributed by atoms with van der Waals surface area (Å²) in [5.41, 5.74) is 0.0667. The van der Waals surface area contributed by atoms with Gasteiger partial charge < -0.3 is 10.1 Å². The lowest BCUT2D eigenvalue weighted by atomic mass is 10.1. The standard InChI is InChI=1S/C8H12F3NO2/c1-7(2-3-7)4-12-6(13)14-5-8(9,10)11/h2-5H2,1H3,(H,12,13). The van der Waals surface area contributed by atoms with Crippen LogP contribution in [0, 0.1) is 5.41 Å². The van der Waals surface area contributed by atoms with E-state index in [0.717, 1.165) is 12.8 Å². The van der Waals surface area contributed by atoms with Crippen LogP contribution >= 0.6 is 0 Å². The molecule has 0 aromatic rings. The molecule has 0 aromatic carbocycles. The van der Waals surface area contributed by atoms with Gasteiger partial charge in [-0.05, 0) is 18.3 Å². The van der Waals surface area contributed by atoms with Gasteiger partial charge in [-0.3, -0.25) is 0 Å². The van der Waals surface area contributed by atoms with Gasteiger partial charge in [0.1, 0.15) is 0 Å². The highest BCUT2D eigenvalue weighted by molar-refractivity contribution is 5.67. The number of nitrogens with one attached hydrogen (secondary N) is 1. The number of carbonyl (C=O) groups excluding carboxylic acids is 1. The van der Waals surface area contributed by atoms with E-state index in [1.54, 1.807) is 0 Å². The van der Waals surface area contributed by atoms with Crippen molar-refractivity contribution in [2.75, 3.05) is 13.2 Å². The Balaban J connectivity index is 2.10. The Morgan fingerprint density at radius 1 is 1.50 bits per heavy atom. The molecular weight excluding hydrogens is 199 g/mol. The Morgan fingerprint density at radius 3 is 2.50 bits per heavy atom. The molecule has 0 saturated heterocycles. The molecule has 0 heterocycles. The van der Waals surface area contributed by atoms with Gasteiger partial charge in [-0.2, -0.15) is 13.2 Å². The monoisotopic (exact) mass is 211 g/mol. The first kappa shape index (κ1) is 11.1. The van der Waals surface area contributed by atoms with Crippen molar-refractivity contribution in [1.29, 1.82) is 0 Å². The van der Waals surface area contributed by atoms with Crippen LogP contribution in [0.5, 0.6) is 0 Å². The van der Waals surface area contributed by atoms with E-state index in [1.807, 2.05) is 6.92 Å². The molecule has 1 rings (SSSR count). The van der Waals surface area contributed by atoms with Crippen molar-refractivity contribution in [1.82, 2.24) is 5.32 Å². The second kappa shape index (κ2) is 3.67. The molecule has 6 heteroatoms. The van der Waals surface area contributed by atoms with Gasteiger partial charge >= 0.3 is 12.3 Å². The third kappa shape index (κ3) is 4.34. The van der Waals surface area contributed by atoms with Crippen LogP contribution in [0.15, 0.2) is 0 Å². The maximum absolute atomic E-state index is 11.6. The number of rotatable bonds is 3. The fourth-order valence-electron chi connectivity index (χ4n) is 0.874. The zero-order valence-electron chi connectivity index (χ0n) is 7.78. The van der Waals surface area contributed by atoms with Crippen molar-refractivity contribution in [2.24, 2.45) is 5.41 Å². The van der Waals surface area contributed by atoms with Gasteiger partial charge in [0.2, 0.25) is 0 Å². The molecule has 1 fully saturated rings. The van der Waals surface area contributed by atoms with E-state index in [4.69, 9.17) is 0 Å². The van der Waals surface area contributed by atoms with Crippen LogP contribution < -0.4 is 5.32 Å². The van der Waals surface area contributed by atoms with Crippen LogP contribution in [0.25, 0.3) is 0 Å². The molecule has 0 spiro atoms. The summed E-state index contributed by atoms with van der Waals surface area (Å²) in [6.45, 7) is 0.802. The fraction of sp³-hybridized carbons (Fsp3) is 0.875. The van der Waals surface area contributed by atoms with Crippen LogP contribution in [-0.2, 0) is 4.74 Å². The van der Waals surface area contributed by atoms with Crippen molar-refractivity contribution in [3.63, 3.8) is 0 Å². The summed E-state index contributed by atoms with van der Waals surface area (Å²) in [6.07, 6.45) is -3.48. The van der Waals surface area contributed by atoms with E-state index in [2.05, 4.69) is 10.1 Å². The van der Waals surface area contributed by atoms with E-state index in [0.29, 0.717) is 6.54 Å². The zero-order valence-corrected chi connectivity index (χ0v) is 7.78. The topological polar surface area (TPSA) is 38.3 Å². The molecule has 0 aromatic heterocycles. The summed E-state index contributed by atoms with van der Waals surface area (Å²) in [5.74, 6) is 0. The molecule has 14 heavy (non-hydrogen) atoms. The molecule has 0 aliphatic heterocycles. The van der Waals surface area contributed by atoms with Crippen molar-refractivity contribution in [2.45, 2.75) is 25.9 Å². The van der Waals surface area contributed by atoms with Crippen molar-refractivity contribution in [3.8, 4) is 0 Å². The number of halogens is 3. The summed E-state index contributed by atoms with van der Waals surface area (Å²) in [6, 6.07) is 0. The van der Waals surface area contributed by atoms with Crippen LogP contribution in [0.2, 0.25) is 0 Å². The van der Waals surface area contributed by atoms with Crippen LogP contribution in [0.3, 0.4) is 0 Å². The highest BCUT2D eigenvalue weighted by Gasteiger charge is 2.37. The third-order valence-corrected chi connectivity index (χ3v) is 2.13. The molecule has 3 nitrogen and oxygen atoms in total. The van der Waals surface area contributed by atoms with E-state index < -0.39 is 18.9 Å². The van der Waals surface area contributed by atoms with Crippen LogP contribution in [0.4, 0.5) is 18.0 Å². The number of hydrogen-bond donors (Lipinski definition) is 1. The van der Waals surface area contributed by atoms with Gasteiger partial charge in [-0.1, -0.05) is 6.92 Å². The Labute approximate surface area is 79.6 Å². The Morgan fingerprint density at radius 2 is 2.07 bits per heavy atom. The molecule has 1 aliphatic rings. The van der Waals surface area contributed by atoms with Gasteiger partial charge in [0.25, 0.3) is 0 Å². The maximum atomic E-state index is 11.6. The number of alkyl carbamates (subject to hydrolysis) is 1. The molecule has 82 valence electrons. The summed E-state index contributed by atoms with van der Waals surface area (Å²) in [4.78, 5) is 10.7. The SMILES string of the molecule is CC1(CNC(=O)OCC(F)(F)F)CC1. The molecule has 0 atom stereocenters. The number of alkyl halides is 3. The van der Waals surface area contributed by atoms with E-state index in [9.17, 15) is 18.0 Å². The molecule has 1 saturated carbocycles. The number of carbonyl (C=O) groups is 1. The predicted molar refractivity (Wildman–Crippen MR) is 42.7 cm³/mol. The normalized spacial score (nSPS) is 18.9. The molecule has 0 bridgehead atoms. The molecule has 1 amide bonds. The number of ether oxygens (including phenoxy) is 1. The number of hydrogen-bond acceptors (Lipinski definition) is 2. The highest BCUT2D eigenvalue weighted by atomic mass is 19.4. The molecule has 1 aliphatic carbocycles. The fourth-order valence-corrected chi connectivity index (χ4v) is 0.874. The largest absolute Gasteiger partial charge is 0.440 e. The van der Waals surface area contributed by atoms with E-state index >= 15 is 0 Å². The first-order valence-electron chi connectivity index (χ1n) is 4.28. The Kier molecular flexibility index (Phi) is 2.92. The van der Waals surface area contributed by atoms with E-state index in [1.165, 1.54) is 0 Å². The van der Waals surface area contributed by atoms with Crippen LogP contribution in [-0.4, -0.2) is 25.4 Å². The van der Waals surface area contributed by atoms with E-state index in [-0.39, 0.29) is 5.41 Å². The first-order valence-corrected chi connectivity index (χ1v) is 4.28. The molecule has 0 unspecified atom stereocenters. The van der Waals surface area contributed by atoms with Crippen molar-refractivity contribution >= 4 is 6.09 Å². The Hall–Kier alpha value is -0.940. The average molecular weight is 211 g/mol. The van der Waals surface area contributed by atoms with Crippen molar-refractivity contribution < 1.29 is 22.7 Å². The molecule has 1 N–H and O–H groups in total. The quantitative estimate of drug-likeness (QED) is 0.776. The van der Waals surface area contributed by atoms with Gasteiger partial charge in [0.15, 0.2) is 6.61 Å². The third-order valence-electron chi connectivity index (χ3n) is 2.13. The summed E-state index contributed by atoms with van der Waals surface area (Å²) >= 11 is 0. The minimum Gasteiger partial charge on any atom is -0.440 e. The minimum absolute atomic E-state index is 0.0667. The molecule has 0 radical (unpaired) electrons. The van der Waals surface area contributed by atoms with Crippen LogP contribution in [0.1, 0.15) is 19.8 Å². The van der Waals surface area contributed by atoms with Crippen molar-refractivity contribution in [3.05, 3.63) is 0 Å². The smallest absolute Gasteiger partial charge is 0.422 e. The summed E-state index contributed by atoms with van der Waals surface area (Å²) < 4.78 is 38.7. The van der Waals surface area contributed by atoms with Gasteiger partial charge in [0.05, 0.1) is 0 Å². The lowest BCUT2D eigenvalue weighted by Gasteiger charge is -2.11. The second-order valence-corrected chi connectivity index (χ2v) is 3.86. The first-order chi connectivity index (χ1) is 6.31. The summed E-state index contributed by atoms with van der Waals surface area (Å²) in [7, 11) is 0. The Bertz CT molecular complexity index is 212. The molecular formula is C8H12F3NO2. The highest BCUT2D eigenvalue weighted by Crippen LogP contribution is 2.43. The number of amides is 1. The van der Waals surface area contributed by atoms with Gasteiger partial charge in [-0.25, -0.2) is 4.79 Å². The van der Waals surface area contributed by atoms with Gasteiger partial charge in [-0.15, -0.1) is 0 Å². The lowest BCUT2D eigenvalue weighted by molar-refractivity contribution is -0.160. The van der Waals surface area contributed by atoms with Gasteiger partial charge in [0, 0.05) is 6.54 Å². The predicted octanol–water partition coefficient (Wildman–Crippen LogP) is 2.08. The zero-order chi connectivity index (χ0) is 10.8. The lowest BCUT2D eigenvalue weighted by Crippen LogP contribution is -2.32.